The van der Waals surface area contributed by atoms with Crippen LogP contribution in [0.2, 0.25) is 0 Å². The minimum Gasteiger partial charge on any atom is -0.392 e. The highest BCUT2D eigenvalue weighted by atomic mass is 32.2. The fraction of sp³-hybridized carbons (Fsp3) is 0.538. The highest BCUT2D eigenvalue weighted by molar-refractivity contribution is 7.89. The molecule has 2 rings (SSSR count). The summed E-state index contributed by atoms with van der Waals surface area (Å²) in [6.07, 6.45) is 0.796. The average molecular weight is 284 g/mol. The molecule has 5 nitrogen and oxygen atoms in total. The molecule has 1 aliphatic heterocycles. The van der Waals surface area contributed by atoms with E-state index < -0.39 is 16.1 Å². The van der Waals surface area contributed by atoms with Crippen molar-refractivity contribution in [3.05, 3.63) is 29.3 Å². The summed E-state index contributed by atoms with van der Waals surface area (Å²) in [5.41, 5.74) is 7.40. The Morgan fingerprint density at radius 3 is 2.79 bits per heavy atom. The first kappa shape index (κ1) is 14.5. The Morgan fingerprint density at radius 2 is 2.21 bits per heavy atom. The molecule has 1 aromatic carbocycles. The molecular formula is C13H20N2O3S. The van der Waals surface area contributed by atoms with Gasteiger partial charge in [0.05, 0.1) is 11.0 Å². The number of hydrogen-bond acceptors (Lipinski definition) is 4. The normalized spacial score (nSPS) is 21.5. The van der Waals surface area contributed by atoms with Crippen LogP contribution in [-0.4, -0.2) is 37.0 Å². The second-order valence-electron chi connectivity index (χ2n) is 4.95. The third-order valence-electron chi connectivity index (χ3n) is 3.53. The molecule has 1 heterocycles. The Morgan fingerprint density at radius 1 is 1.47 bits per heavy atom. The molecule has 1 fully saturated rings. The second-order valence-corrected chi connectivity index (χ2v) is 6.89. The summed E-state index contributed by atoms with van der Waals surface area (Å²) in [7, 11) is -3.51. The van der Waals surface area contributed by atoms with Gasteiger partial charge < -0.3 is 10.8 Å². The first-order valence-electron chi connectivity index (χ1n) is 6.43. The van der Waals surface area contributed by atoms with Gasteiger partial charge in [0.25, 0.3) is 0 Å². The van der Waals surface area contributed by atoms with Gasteiger partial charge in [-0.15, -0.1) is 0 Å². The summed E-state index contributed by atoms with van der Waals surface area (Å²) in [6, 6.07) is 4.99. The number of aliphatic hydroxyl groups is 1. The molecule has 0 spiro atoms. The summed E-state index contributed by atoms with van der Waals surface area (Å²) in [4.78, 5) is 0.274. The van der Waals surface area contributed by atoms with E-state index in [1.165, 1.54) is 4.31 Å². The van der Waals surface area contributed by atoms with Gasteiger partial charge in [0.15, 0.2) is 0 Å². The molecule has 1 atom stereocenters. The molecule has 0 bridgehead atoms. The van der Waals surface area contributed by atoms with E-state index >= 15 is 0 Å². The maximum Gasteiger partial charge on any atom is 0.243 e. The third-order valence-corrected chi connectivity index (χ3v) is 5.39. The summed E-state index contributed by atoms with van der Waals surface area (Å²) >= 11 is 0. The van der Waals surface area contributed by atoms with Crippen LogP contribution in [0.5, 0.6) is 0 Å². The van der Waals surface area contributed by atoms with Crippen LogP contribution in [-0.2, 0) is 16.6 Å². The number of β-amino-alcohol motifs (C(OH)–C–C–N with tert-alkyl or cyclic N) is 1. The number of rotatable bonds is 3. The second kappa shape index (κ2) is 5.58. The number of hydrogen-bond donors (Lipinski definition) is 2. The van der Waals surface area contributed by atoms with Crippen LogP contribution in [0.1, 0.15) is 24.0 Å². The van der Waals surface area contributed by atoms with E-state index in [0.29, 0.717) is 25.9 Å². The Balaban J connectivity index is 2.31. The highest BCUT2D eigenvalue weighted by Crippen LogP contribution is 2.22. The number of aliphatic hydroxyl groups excluding tert-OH is 1. The molecule has 6 heteroatoms. The largest absolute Gasteiger partial charge is 0.392 e. The van der Waals surface area contributed by atoms with Gasteiger partial charge in [-0.1, -0.05) is 6.07 Å². The van der Waals surface area contributed by atoms with E-state index in [2.05, 4.69) is 0 Å². The quantitative estimate of drug-likeness (QED) is 0.851. The standard InChI is InChI=1S/C13H20N2O3S/c1-10-7-13(5-4-11(10)8-14)19(17,18)15-6-2-3-12(16)9-15/h4-5,7,12,16H,2-3,6,8-9,14H2,1H3. The zero-order valence-corrected chi connectivity index (χ0v) is 11.9. The SMILES string of the molecule is Cc1cc(S(=O)(=O)N2CCCC(O)C2)ccc1CN. The molecule has 1 aromatic rings. The monoisotopic (exact) mass is 284 g/mol. The first-order valence-corrected chi connectivity index (χ1v) is 7.87. The van der Waals surface area contributed by atoms with Crippen LogP contribution in [0.15, 0.2) is 23.1 Å². The van der Waals surface area contributed by atoms with E-state index in [9.17, 15) is 13.5 Å². The van der Waals surface area contributed by atoms with Gasteiger partial charge in [-0.05, 0) is 43.0 Å². The third kappa shape index (κ3) is 2.97. The Bertz CT molecular complexity index is 557. The summed E-state index contributed by atoms with van der Waals surface area (Å²) in [5, 5.41) is 9.60. The summed E-state index contributed by atoms with van der Waals surface area (Å²) in [6.45, 7) is 2.90. The van der Waals surface area contributed by atoms with Crippen molar-refractivity contribution in [2.75, 3.05) is 13.1 Å². The van der Waals surface area contributed by atoms with Crippen molar-refractivity contribution in [2.24, 2.45) is 5.73 Å². The van der Waals surface area contributed by atoms with E-state index in [1.54, 1.807) is 18.2 Å². The molecule has 1 aliphatic rings. The zero-order valence-electron chi connectivity index (χ0n) is 11.0. The molecule has 106 valence electrons. The minimum absolute atomic E-state index is 0.181. The first-order chi connectivity index (χ1) is 8.95. The number of benzene rings is 1. The van der Waals surface area contributed by atoms with Crippen molar-refractivity contribution in [2.45, 2.75) is 37.3 Å². The molecule has 3 N–H and O–H groups in total. The molecule has 1 saturated heterocycles. The van der Waals surface area contributed by atoms with Gasteiger partial charge in [0, 0.05) is 19.6 Å². The van der Waals surface area contributed by atoms with Crippen molar-refractivity contribution >= 4 is 10.0 Å². The summed E-state index contributed by atoms with van der Waals surface area (Å²) < 4.78 is 26.3. The smallest absolute Gasteiger partial charge is 0.243 e. The molecule has 0 radical (unpaired) electrons. The summed E-state index contributed by atoms with van der Waals surface area (Å²) in [5.74, 6) is 0. The van der Waals surface area contributed by atoms with Crippen LogP contribution < -0.4 is 5.73 Å². The van der Waals surface area contributed by atoms with Crippen LogP contribution in [0.3, 0.4) is 0 Å². The average Bonchev–Trinajstić information content (AvgIpc) is 2.38. The number of nitrogens with zero attached hydrogens (tertiary/aromatic N) is 1. The minimum atomic E-state index is -3.51. The van der Waals surface area contributed by atoms with Crippen LogP contribution >= 0.6 is 0 Å². The Hall–Kier alpha value is -0.950. The van der Waals surface area contributed by atoms with Crippen molar-refractivity contribution in [3.63, 3.8) is 0 Å². The number of aryl methyl sites for hydroxylation is 1. The number of sulfonamides is 1. The maximum atomic E-state index is 12.5. The molecule has 0 amide bonds. The van der Waals surface area contributed by atoms with Crippen LogP contribution in [0.4, 0.5) is 0 Å². The van der Waals surface area contributed by atoms with Gasteiger partial charge in [0.2, 0.25) is 10.0 Å². The van der Waals surface area contributed by atoms with E-state index in [4.69, 9.17) is 5.73 Å². The molecule has 0 aliphatic carbocycles. The predicted octanol–water partition coefficient (Wildman–Crippen LogP) is 0.599. The molecular weight excluding hydrogens is 264 g/mol. The van der Waals surface area contributed by atoms with E-state index in [0.717, 1.165) is 11.1 Å². The number of piperidine rings is 1. The van der Waals surface area contributed by atoms with Gasteiger partial charge in [-0.2, -0.15) is 4.31 Å². The van der Waals surface area contributed by atoms with E-state index in [-0.39, 0.29) is 11.4 Å². The van der Waals surface area contributed by atoms with Gasteiger partial charge in [-0.3, -0.25) is 0 Å². The molecule has 0 saturated carbocycles. The van der Waals surface area contributed by atoms with Crippen molar-refractivity contribution < 1.29 is 13.5 Å². The molecule has 19 heavy (non-hydrogen) atoms. The van der Waals surface area contributed by atoms with Crippen molar-refractivity contribution in [1.82, 2.24) is 4.31 Å². The number of nitrogens with two attached hydrogens (primary N) is 1. The predicted molar refractivity (Wildman–Crippen MR) is 73.1 cm³/mol. The van der Waals surface area contributed by atoms with Crippen molar-refractivity contribution in [3.8, 4) is 0 Å². The lowest BCUT2D eigenvalue weighted by Crippen LogP contribution is -2.42. The zero-order chi connectivity index (χ0) is 14.0. The lowest BCUT2D eigenvalue weighted by molar-refractivity contribution is 0.108. The maximum absolute atomic E-state index is 12.5. The van der Waals surface area contributed by atoms with E-state index in [1.807, 2.05) is 6.92 Å². The Kier molecular flexibility index (Phi) is 4.25. The lowest BCUT2D eigenvalue weighted by Gasteiger charge is -2.29. The highest BCUT2D eigenvalue weighted by Gasteiger charge is 2.29. The van der Waals surface area contributed by atoms with Gasteiger partial charge in [-0.25, -0.2) is 8.42 Å². The fourth-order valence-corrected chi connectivity index (χ4v) is 3.95. The Labute approximate surface area is 114 Å². The van der Waals surface area contributed by atoms with Crippen LogP contribution in [0, 0.1) is 6.92 Å². The van der Waals surface area contributed by atoms with Crippen molar-refractivity contribution in [1.29, 1.82) is 0 Å². The van der Waals surface area contributed by atoms with Gasteiger partial charge >= 0.3 is 0 Å². The van der Waals surface area contributed by atoms with Crippen LogP contribution in [0.25, 0.3) is 0 Å². The molecule has 1 unspecified atom stereocenters. The topological polar surface area (TPSA) is 83.6 Å². The molecule has 0 aromatic heterocycles. The van der Waals surface area contributed by atoms with Gasteiger partial charge in [0.1, 0.15) is 0 Å². The lowest BCUT2D eigenvalue weighted by atomic mass is 10.1. The fourth-order valence-electron chi connectivity index (χ4n) is 2.35.